The van der Waals surface area contributed by atoms with Crippen LogP contribution in [0.3, 0.4) is 0 Å². The third-order valence-electron chi connectivity index (χ3n) is 5.95. The van der Waals surface area contributed by atoms with Crippen LogP contribution in [0.1, 0.15) is 37.7 Å². The van der Waals surface area contributed by atoms with Crippen molar-refractivity contribution in [2.24, 2.45) is 0 Å². The first kappa shape index (κ1) is 23.1. The standard InChI is InChI=1S/C19H25ClFN3O5S/c1-23(30(28)29)15-2-4-16(5-3-15)24-7-6-19(27,18(24)26)17(25)22-11-12-8-13(20)10-14(21)9-12/h8-10,15-16,27H,2-7,11H2,1H3,(H,22,25)(H,28,29). The summed E-state index contributed by atoms with van der Waals surface area (Å²) < 4.78 is 35.3. The summed E-state index contributed by atoms with van der Waals surface area (Å²) in [5, 5.41) is 13.4. The first-order chi connectivity index (χ1) is 14.1. The van der Waals surface area contributed by atoms with E-state index in [0.29, 0.717) is 31.2 Å². The normalized spacial score (nSPS) is 28.1. The molecule has 2 amide bonds. The van der Waals surface area contributed by atoms with Gasteiger partial charge in [-0.1, -0.05) is 11.6 Å². The number of rotatable bonds is 6. The number of amides is 2. The predicted molar refractivity (Wildman–Crippen MR) is 109 cm³/mol. The first-order valence-electron chi connectivity index (χ1n) is 9.72. The molecule has 1 aromatic carbocycles. The highest BCUT2D eigenvalue weighted by atomic mass is 35.5. The Kier molecular flexibility index (Phi) is 7.13. The predicted octanol–water partition coefficient (Wildman–Crippen LogP) is 1.44. The number of likely N-dealkylation sites (tertiary alicyclic amines) is 1. The van der Waals surface area contributed by atoms with Gasteiger partial charge in [0.15, 0.2) is 0 Å². The van der Waals surface area contributed by atoms with E-state index < -0.39 is 34.5 Å². The zero-order valence-electron chi connectivity index (χ0n) is 16.5. The Hall–Kier alpha value is -1.59. The molecule has 0 bridgehead atoms. The van der Waals surface area contributed by atoms with Crippen molar-refractivity contribution in [2.45, 2.75) is 56.3 Å². The Labute approximate surface area is 181 Å². The van der Waals surface area contributed by atoms with Gasteiger partial charge < -0.3 is 15.3 Å². The van der Waals surface area contributed by atoms with Gasteiger partial charge in [-0.05, 0) is 49.4 Å². The van der Waals surface area contributed by atoms with Crippen molar-refractivity contribution in [3.63, 3.8) is 0 Å². The van der Waals surface area contributed by atoms with Gasteiger partial charge in [-0.2, -0.15) is 0 Å². The molecule has 1 aliphatic carbocycles. The summed E-state index contributed by atoms with van der Waals surface area (Å²) in [7, 11) is 1.58. The van der Waals surface area contributed by atoms with E-state index in [1.54, 1.807) is 7.05 Å². The molecular weight excluding hydrogens is 437 g/mol. The number of hydrogen-bond acceptors (Lipinski definition) is 4. The van der Waals surface area contributed by atoms with Crippen molar-refractivity contribution in [3.8, 4) is 0 Å². The number of nitrogens with zero attached hydrogens (tertiary/aromatic N) is 2. The maximum absolute atomic E-state index is 13.4. The lowest BCUT2D eigenvalue weighted by atomic mass is 9.90. The lowest BCUT2D eigenvalue weighted by Gasteiger charge is -2.37. The molecule has 1 heterocycles. The third-order valence-corrected chi connectivity index (χ3v) is 6.96. The van der Waals surface area contributed by atoms with Crippen molar-refractivity contribution in [2.75, 3.05) is 13.6 Å². The summed E-state index contributed by atoms with van der Waals surface area (Å²) in [6, 6.07) is 3.67. The Bertz CT molecular complexity index is 831. The number of hydrogen-bond donors (Lipinski definition) is 3. The van der Waals surface area contributed by atoms with E-state index in [-0.39, 0.29) is 36.6 Å². The molecule has 166 valence electrons. The molecule has 2 atom stereocenters. The fourth-order valence-electron chi connectivity index (χ4n) is 4.19. The van der Waals surface area contributed by atoms with Crippen LogP contribution >= 0.6 is 11.6 Å². The minimum Gasteiger partial charge on any atom is -0.372 e. The highest BCUT2D eigenvalue weighted by Gasteiger charge is 2.53. The fraction of sp³-hybridized carbons (Fsp3) is 0.579. The molecule has 8 nitrogen and oxygen atoms in total. The van der Waals surface area contributed by atoms with Crippen LogP contribution in [-0.2, 0) is 27.4 Å². The second-order valence-electron chi connectivity index (χ2n) is 7.81. The Morgan fingerprint density at radius 1 is 1.37 bits per heavy atom. The zero-order chi connectivity index (χ0) is 22.1. The topological polar surface area (TPSA) is 110 Å². The van der Waals surface area contributed by atoms with Gasteiger partial charge in [0.1, 0.15) is 5.82 Å². The summed E-state index contributed by atoms with van der Waals surface area (Å²) in [4.78, 5) is 26.9. The molecule has 2 unspecified atom stereocenters. The van der Waals surface area contributed by atoms with Gasteiger partial charge in [0.05, 0.1) is 0 Å². The van der Waals surface area contributed by atoms with Gasteiger partial charge in [0.25, 0.3) is 11.8 Å². The smallest absolute Gasteiger partial charge is 0.264 e. The molecule has 0 aromatic heterocycles. The summed E-state index contributed by atoms with van der Waals surface area (Å²) in [6.45, 7) is 0.188. The average molecular weight is 462 g/mol. The molecule has 0 radical (unpaired) electrons. The maximum atomic E-state index is 13.4. The second-order valence-corrected chi connectivity index (χ2v) is 9.28. The SMILES string of the molecule is CN(C1CCC(N2CCC(O)(C(=O)NCc3cc(F)cc(Cl)c3)C2=O)CC1)S(=O)O. The first-order valence-corrected chi connectivity index (χ1v) is 11.2. The number of benzene rings is 1. The minimum atomic E-state index is -2.16. The van der Waals surface area contributed by atoms with Gasteiger partial charge >= 0.3 is 0 Å². The quantitative estimate of drug-likeness (QED) is 0.438. The molecule has 2 aliphatic rings. The van der Waals surface area contributed by atoms with E-state index in [4.69, 9.17) is 11.6 Å². The second kappa shape index (κ2) is 9.27. The number of halogens is 2. The van der Waals surface area contributed by atoms with Gasteiger partial charge in [-0.25, -0.2) is 12.9 Å². The molecule has 1 saturated carbocycles. The fourth-order valence-corrected chi connectivity index (χ4v) is 4.90. The van der Waals surface area contributed by atoms with E-state index in [9.17, 15) is 27.8 Å². The minimum absolute atomic E-state index is 0.0257. The zero-order valence-corrected chi connectivity index (χ0v) is 18.1. The van der Waals surface area contributed by atoms with Crippen molar-refractivity contribution < 1.29 is 27.8 Å². The lowest BCUT2D eigenvalue weighted by Crippen LogP contribution is -2.54. The van der Waals surface area contributed by atoms with E-state index in [1.807, 2.05) is 0 Å². The molecular formula is C19H25ClFN3O5S. The maximum Gasteiger partial charge on any atom is 0.264 e. The van der Waals surface area contributed by atoms with Crippen molar-refractivity contribution in [3.05, 3.63) is 34.6 Å². The molecule has 1 saturated heterocycles. The molecule has 0 spiro atoms. The number of aliphatic hydroxyl groups is 1. The van der Waals surface area contributed by atoms with E-state index in [2.05, 4.69) is 5.32 Å². The van der Waals surface area contributed by atoms with E-state index in [0.717, 1.165) is 6.07 Å². The number of carbonyl (C=O) groups excluding carboxylic acids is 2. The van der Waals surface area contributed by atoms with Crippen LogP contribution in [0.15, 0.2) is 18.2 Å². The Morgan fingerprint density at radius 2 is 2.03 bits per heavy atom. The number of nitrogens with one attached hydrogen (secondary N) is 1. The summed E-state index contributed by atoms with van der Waals surface area (Å²) >= 11 is 3.76. The number of carbonyl (C=O) groups is 2. The highest BCUT2D eigenvalue weighted by Crippen LogP contribution is 2.32. The van der Waals surface area contributed by atoms with E-state index in [1.165, 1.54) is 21.3 Å². The Balaban J connectivity index is 1.58. The molecule has 3 N–H and O–H groups in total. The summed E-state index contributed by atoms with van der Waals surface area (Å²) in [6.07, 6.45) is 2.50. The highest BCUT2D eigenvalue weighted by molar-refractivity contribution is 7.76. The van der Waals surface area contributed by atoms with Crippen LogP contribution in [0.2, 0.25) is 5.02 Å². The van der Waals surface area contributed by atoms with Gasteiger partial charge in [-0.15, -0.1) is 0 Å². The van der Waals surface area contributed by atoms with Crippen LogP contribution in [-0.4, -0.2) is 66.2 Å². The van der Waals surface area contributed by atoms with Crippen LogP contribution < -0.4 is 5.32 Å². The monoisotopic (exact) mass is 461 g/mol. The summed E-state index contributed by atoms with van der Waals surface area (Å²) in [5.74, 6) is -2.00. The Morgan fingerprint density at radius 3 is 2.63 bits per heavy atom. The summed E-state index contributed by atoms with van der Waals surface area (Å²) in [5.41, 5.74) is -1.74. The molecule has 1 aliphatic heterocycles. The van der Waals surface area contributed by atoms with Crippen molar-refractivity contribution >= 4 is 34.7 Å². The molecule has 1 aromatic rings. The lowest BCUT2D eigenvalue weighted by molar-refractivity contribution is -0.155. The van der Waals surface area contributed by atoms with Gasteiger partial charge in [-0.3, -0.25) is 14.1 Å². The van der Waals surface area contributed by atoms with Crippen LogP contribution in [0.4, 0.5) is 4.39 Å². The van der Waals surface area contributed by atoms with Crippen molar-refractivity contribution in [1.29, 1.82) is 0 Å². The van der Waals surface area contributed by atoms with Crippen molar-refractivity contribution in [1.82, 2.24) is 14.5 Å². The third kappa shape index (κ3) is 4.83. The van der Waals surface area contributed by atoms with Gasteiger partial charge in [0.2, 0.25) is 16.9 Å². The van der Waals surface area contributed by atoms with E-state index >= 15 is 0 Å². The van der Waals surface area contributed by atoms with Crippen LogP contribution in [0.25, 0.3) is 0 Å². The molecule has 3 rings (SSSR count). The average Bonchev–Trinajstić information content (AvgIpc) is 3.01. The van der Waals surface area contributed by atoms with Crippen LogP contribution in [0, 0.1) is 5.82 Å². The molecule has 30 heavy (non-hydrogen) atoms. The molecule has 11 heteroatoms. The van der Waals surface area contributed by atoms with Gasteiger partial charge in [0, 0.05) is 43.7 Å². The van der Waals surface area contributed by atoms with Crippen LogP contribution in [0.5, 0.6) is 0 Å². The molecule has 2 fully saturated rings. The largest absolute Gasteiger partial charge is 0.372 e.